The summed E-state index contributed by atoms with van der Waals surface area (Å²) in [6.45, 7) is 1.81. The predicted molar refractivity (Wildman–Crippen MR) is 98.8 cm³/mol. The summed E-state index contributed by atoms with van der Waals surface area (Å²) in [5.41, 5.74) is 0.373. The van der Waals surface area contributed by atoms with Crippen molar-refractivity contribution >= 4 is 51.4 Å². The van der Waals surface area contributed by atoms with Gasteiger partial charge < -0.3 is 5.32 Å². The Balaban J connectivity index is 1.89. The maximum Gasteiger partial charge on any atom is 0.328 e. The van der Waals surface area contributed by atoms with Gasteiger partial charge in [-0.15, -0.1) is 10.2 Å². The quantitative estimate of drug-likeness (QED) is 0.396. The van der Waals surface area contributed by atoms with E-state index in [1.54, 1.807) is 7.05 Å². The molecule has 10 nitrogen and oxygen atoms in total. The van der Waals surface area contributed by atoms with Gasteiger partial charge in [0.2, 0.25) is 5.91 Å². The van der Waals surface area contributed by atoms with Crippen molar-refractivity contribution in [2.45, 2.75) is 11.3 Å². The van der Waals surface area contributed by atoms with Gasteiger partial charge in [0.25, 0.3) is 5.69 Å². The number of thioether (sulfide) groups is 1. The molecule has 0 fully saturated rings. The summed E-state index contributed by atoms with van der Waals surface area (Å²) in [5, 5.41) is 22.5. The van der Waals surface area contributed by atoms with Crippen molar-refractivity contribution in [3.63, 3.8) is 0 Å². The second-order valence-electron chi connectivity index (χ2n) is 5.44. The molecule has 1 N–H and O–H groups in total. The molecule has 0 radical (unpaired) electrons. The first-order chi connectivity index (χ1) is 12.3. The Morgan fingerprint density at radius 2 is 1.96 bits per heavy atom. The summed E-state index contributed by atoms with van der Waals surface area (Å²) in [6.07, 6.45) is 0. The molecule has 0 bridgehead atoms. The van der Waals surface area contributed by atoms with Gasteiger partial charge in [0.15, 0.2) is 4.34 Å². The number of nitrogens with zero attached hydrogens (tertiary/aromatic N) is 5. The molecule has 3 rings (SSSR count). The number of nitrogens with one attached hydrogen (secondary N) is 1. The Bertz CT molecular complexity index is 1080. The molecular weight excluding hydrogens is 380 g/mol. The lowest BCUT2D eigenvalue weighted by molar-refractivity contribution is -0.383. The second-order valence-corrected chi connectivity index (χ2v) is 7.84. The number of imidazole rings is 1. The molecule has 1 aromatic carbocycles. The molecule has 0 aliphatic heterocycles. The SMILES string of the molecule is Cc1nnc(SCC(=O)Nc2cc3c(cc2[N+](=O)[O-])n(C)c(=O)n3C)s1. The highest BCUT2D eigenvalue weighted by molar-refractivity contribution is 8.01. The van der Waals surface area contributed by atoms with Crippen molar-refractivity contribution in [3.8, 4) is 0 Å². The second kappa shape index (κ2) is 6.88. The summed E-state index contributed by atoms with van der Waals surface area (Å²) in [6, 6.07) is 2.72. The minimum atomic E-state index is -0.590. The molecule has 0 spiro atoms. The van der Waals surface area contributed by atoms with Crippen LogP contribution in [0, 0.1) is 17.0 Å². The predicted octanol–water partition coefficient (Wildman–Crippen LogP) is 1.68. The highest BCUT2D eigenvalue weighted by atomic mass is 32.2. The number of nitro benzene ring substituents is 1. The number of aryl methyl sites for hydroxylation is 3. The lowest BCUT2D eigenvalue weighted by Crippen LogP contribution is -2.19. The van der Waals surface area contributed by atoms with Gasteiger partial charge in [-0.1, -0.05) is 23.1 Å². The van der Waals surface area contributed by atoms with E-state index in [9.17, 15) is 19.7 Å². The first-order valence-corrected chi connectivity index (χ1v) is 9.14. The number of hydrogen-bond donors (Lipinski definition) is 1. The minimum absolute atomic E-state index is 0.0392. The number of aromatic nitrogens is 4. The van der Waals surface area contributed by atoms with Gasteiger partial charge >= 0.3 is 5.69 Å². The summed E-state index contributed by atoms with van der Waals surface area (Å²) in [5.74, 6) is -0.372. The third-order valence-electron chi connectivity index (χ3n) is 3.69. The fourth-order valence-electron chi connectivity index (χ4n) is 2.44. The first kappa shape index (κ1) is 18.1. The van der Waals surface area contributed by atoms with Crippen molar-refractivity contribution in [1.29, 1.82) is 0 Å². The van der Waals surface area contributed by atoms with Gasteiger partial charge in [0, 0.05) is 20.2 Å². The molecule has 2 heterocycles. The maximum absolute atomic E-state index is 12.2. The van der Waals surface area contributed by atoms with Gasteiger partial charge in [-0.25, -0.2) is 4.79 Å². The Labute approximate surface area is 155 Å². The lowest BCUT2D eigenvalue weighted by Gasteiger charge is -2.06. The molecule has 0 unspecified atom stereocenters. The third kappa shape index (κ3) is 3.32. The Kier molecular flexibility index (Phi) is 4.78. The monoisotopic (exact) mass is 394 g/mol. The van der Waals surface area contributed by atoms with Crippen LogP contribution in [-0.4, -0.2) is 35.9 Å². The van der Waals surface area contributed by atoms with Crippen LogP contribution in [0.2, 0.25) is 0 Å². The van der Waals surface area contributed by atoms with E-state index in [1.165, 1.54) is 51.4 Å². The zero-order chi connectivity index (χ0) is 19.0. The van der Waals surface area contributed by atoms with Crippen LogP contribution in [0.15, 0.2) is 21.3 Å². The Hall–Kier alpha value is -2.73. The van der Waals surface area contributed by atoms with Crippen LogP contribution in [0.3, 0.4) is 0 Å². The summed E-state index contributed by atoms with van der Waals surface area (Å²) >= 11 is 2.56. The van der Waals surface area contributed by atoms with Crippen LogP contribution in [0.25, 0.3) is 11.0 Å². The largest absolute Gasteiger partial charge is 0.328 e. The molecule has 0 aliphatic rings. The number of hydrogen-bond acceptors (Lipinski definition) is 8. The molecule has 0 saturated heterocycles. The number of amides is 1. The topological polar surface area (TPSA) is 125 Å². The molecule has 12 heteroatoms. The van der Waals surface area contributed by atoms with Crippen molar-refractivity contribution in [3.05, 3.63) is 37.7 Å². The lowest BCUT2D eigenvalue weighted by atomic mass is 10.2. The van der Waals surface area contributed by atoms with E-state index in [2.05, 4.69) is 15.5 Å². The molecule has 26 heavy (non-hydrogen) atoms. The fraction of sp³-hybridized carbons (Fsp3) is 0.286. The highest BCUT2D eigenvalue weighted by Crippen LogP contribution is 2.30. The molecule has 3 aromatic rings. The van der Waals surface area contributed by atoms with Crippen LogP contribution < -0.4 is 11.0 Å². The average molecular weight is 394 g/mol. The van der Waals surface area contributed by atoms with Gasteiger partial charge in [0.1, 0.15) is 10.7 Å². The van der Waals surface area contributed by atoms with Crippen LogP contribution >= 0.6 is 23.1 Å². The van der Waals surface area contributed by atoms with Crippen molar-refractivity contribution in [2.24, 2.45) is 14.1 Å². The van der Waals surface area contributed by atoms with E-state index in [-0.39, 0.29) is 22.8 Å². The Morgan fingerprint density at radius 1 is 1.31 bits per heavy atom. The molecule has 1 amide bonds. The van der Waals surface area contributed by atoms with E-state index >= 15 is 0 Å². The molecule has 0 aliphatic carbocycles. The van der Waals surface area contributed by atoms with E-state index in [0.717, 1.165) is 5.01 Å². The number of carbonyl (C=O) groups excluding carboxylic acids is 1. The van der Waals surface area contributed by atoms with Crippen LogP contribution in [0.5, 0.6) is 0 Å². The normalized spacial score (nSPS) is 11.0. The molecule has 136 valence electrons. The smallest absolute Gasteiger partial charge is 0.320 e. The third-order valence-corrected chi connectivity index (χ3v) is 5.67. The van der Waals surface area contributed by atoms with E-state index in [4.69, 9.17) is 0 Å². The molecule has 0 saturated carbocycles. The van der Waals surface area contributed by atoms with Gasteiger partial charge in [-0.2, -0.15) is 0 Å². The minimum Gasteiger partial charge on any atom is -0.320 e. The summed E-state index contributed by atoms with van der Waals surface area (Å²) in [4.78, 5) is 35.0. The summed E-state index contributed by atoms with van der Waals surface area (Å²) in [7, 11) is 3.10. The number of anilines is 1. The van der Waals surface area contributed by atoms with Crippen molar-refractivity contribution in [2.75, 3.05) is 11.1 Å². The van der Waals surface area contributed by atoms with Gasteiger partial charge in [-0.05, 0) is 13.0 Å². The standard InChI is InChI=1S/C14H14N6O4S2/c1-7-16-17-13(26-7)25-6-12(21)15-8-4-10-11(5-9(8)20(23)24)19(3)14(22)18(10)2/h4-5H,6H2,1-3H3,(H,15,21). The van der Waals surface area contributed by atoms with Crippen molar-refractivity contribution in [1.82, 2.24) is 19.3 Å². The Morgan fingerprint density at radius 3 is 2.54 bits per heavy atom. The number of rotatable bonds is 5. The van der Waals surface area contributed by atoms with Gasteiger partial charge in [-0.3, -0.25) is 24.0 Å². The molecule has 2 aromatic heterocycles. The first-order valence-electron chi connectivity index (χ1n) is 7.34. The van der Waals surface area contributed by atoms with Gasteiger partial charge in [0.05, 0.1) is 21.7 Å². The number of carbonyl (C=O) groups is 1. The number of nitro groups is 1. The van der Waals surface area contributed by atoms with Crippen LogP contribution in [0.4, 0.5) is 11.4 Å². The highest BCUT2D eigenvalue weighted by Gasteiger charge is 2.21. The van der Waals surface area contributed by atoms with Crippen LogP contribution in [-0.2, 0) is 18.9 Å². The fourth-order valence-corrected chi connectivity index (χ4v) is 4.05. The zero-order valence-electron chi connectivity index (χ0n) is 14.0. The zero-order valence-corrected chi connectivity index (χ0v) is 15.7. The van der Waals surface area contributed by atoms with E-state index < -0.39 is 10.8 Å². The number of fused-ring (bicyclic) bond motifs is 1. The number of benzene rings is 1. The average Bonchev–Trinajstić information content (AvgIpc) is 3.10. The van der Waals surface area contributed by atoms with E-state index in [0.29, 0.717) is 15.4 Å². The summed E-state index contributed by atoms with van der Waals surface area (Å²) < 4.78 is 3.34. The maximum atomic E-state index is 12.2. The van der Waals surface area contributed by atoms with Crippen molar-refractivity contribution < 1.29 is 9.72 Å². The molecule has 0 atom stereocenters. The molecular formula is C14H14N6O4S2. The van der Waals surface area contributed by atoms with E-state index in [1.807, 2.05) is 6.92 Å². The van der Waals surface area contributed by atoms with Crippen LogP contribution in [0.1, 0.15) is 5.01 Å².